The minimum atomic E-state index is -0.396. The number of hydrogen-bond acceptors (Lipinski definition) is 7. The Morgan fingerprint density at radius 1 is 1.57 bits per heavy atom. The second-order valence-electron chi connectivity index (χ2n) is 5.18. The fourth-order valence-corrected chi connectivity index (χ4v) is 3.10. The van der Waals surface area contributed by atoms with E-state index in [0.29, 0.717) is 35.6 Å². The minimum Gasteiger partial charge on any atom is -0.467 e. The number of nitrogens with zero attached hydrogens (tertiary/aromatic N) is 3. The maximum atomic E-state index is 12.3. The highest BCUT2D eigenvalue weighted by Crippen LogP contribution is 2.23. The Kier molecular flexibility index (Phi) is 4.68. The molecule has 9 heteroatoms. The standard InChI is InChI=1S/C14H16N4O4S/c1-21-8-11-16-17-14(23-11)15-13(20)9-5-12(19)18(6-9)7-10-3-2-4-22-10/h2-4,9H,5-8H2,1H3,(H,15,17,20)/t9-/m1/s1. The lowest BCUT2D eigenvalue weighted by atomic mass is 10.1. The average Bonchev–Trinajstić information content (AvgIpc) is 3.24. The molecule has 1 fully saturated rings. The lowest BCUT2D eigenvalue weighted by Gasteiger charge is -2.14. The first-order valence-electron chi connectivity index (χ1n) is 7.08. The largest absolute Gasteiger partial charge is 0.467 e. The van der Waals surface area contributed by atoms with Crippen molar-refractivity contribution in [2.45, 2.75) is 19.6 Å². The number of rotatable bonds is 6. The number of amides is 2. The Labute approximate surface area is 136 Å². The number of carbonyl (C=O) groups is 2. The predicted molar refractivity (Wildman–Crippen MR) is 81.5 cm³/mol. The minimum absolute atomic E-state index is 0.0566. The smallest absolute Gasteiger partial charge is 0.231 e. The first-order valence-corrected chi connectivity index (χ1v) is 7.89. The van der Waals surface area contributed by atoms with E-state index < -0.39 is 5.92 Å². The van der Waals surface area contributed by atoms with Gasteiger partial charge in [-0.25, -0.2) is 0 Å². The van der Waals surface area contributed by atoms with E-state index in [1.807, 2.05) is 0 Å². The molecule has 2 amide bonds. The Hall–Kier alpha value is -2.26. The zero-order valence-electron chi connectivity index (χ0n) is 12.5. The zero-order valence-corrected chi connectivity index (χ0v) is 13.3. The molecule has 1 aliphatic heterocycles. The number of ether oxygens (including phenoxy) is 1. The van der Waals surface area contributed by atoms with Gasteiger partial charge in [0.2, 0.25) is 16.9 Å². The highest BCUT2D eigenvalue weighted by Gasteiger charge is 2.35. The van der Waals surface area contributed by atoms with Gasteiger partial charge >= 0.3 is 0 Å². The Morgan fingerprint density at radius 2 is 2.43 bits per heavy atom. The summed E-state index contributed by atoms with van der Waals surface area (Å²) in [5, 5.41) is 11.6. The van der Waals surface area contributed by atoms with Gasteiger partial charge in [-0.15, -0.1) is 10.2 Å². The van der Waals surface area contributed by atoms with Crippen LogP contribution in [0.15, 0.2) is 22.8 Å². The SMILES string of the molecule is COCc1nnc(NC(=O)[C@@H]2CC(=O)N(Cc3ccco3)C2)s1. The molecule has 2 aromatic rings. The van der Waals surface area contributed by atoms with Gasteiger partial charge in [0.15, 0.2) is 0 Å². The van der Waals surface area contributed by atoms with Gasteiger partial charge in [0.25, 0.3) is 0 Å². The van der Waals surface area contributed by atoms with Crippen LogP contribution in [0.2, 0.25) is 0 Å². The Morgan fingerprint density at radius 3 is 3.17 bits per heavy atom. The summed E-state index contributed by atoms with van der Waals surface area (Å²) in [5.41, 5.74) is 0. The topological polar surface area (TPSA) is 97.6 Å². The molecule has 23 heavy (non-hydrogen) atoms. The molecule has 3 rings (SSSR count). The summed E-state index contributed by atoms with van der Waals surface area (Å²) in [4.78, 5) is 25.9. The van der Waals surface area contributed by atoms with Crippen molar-refractivity contribution >= 4 is 28.3 Å². The Bertz CT molecular complexity index is 685. The normalized spacial score (nSPS) is 17.7. The van der Waals surface area contributed by atoms with Crippen molar-refractivity contribution < 1.29 is 18.7 Å². The molecule has 8 nitrogen and oxygen atoms in total. The highest BCUT2D eigenvalue weighted by molar-refractivity contribution is 7.15. The molecule has 0 unspecified atom stereocenters. The number of likely N-dealkylation sites (tertiary alicyclic amines) is 1. The second kappa shape index (κ2) is 6.88. The molecule has 1 N–H and O–H groups in total. The molecule has 122 valence electrons. The molecule has 3 heterocycles. The number of carbonyl (C=O) groups excluding carboxylic acids is 2. The fraction of sp³-hybridized carbons (Fsp3) is 0.429. The van der Waals surface area contributed by atoms with Crippen molar-refractivity contribution in [3.63, 3.8) is 0 Å². The molecule has 1 saturated heterocycles. The molecule has 0 aromatic carbocycles. The van der Waals surface area contributed by atoms with E-state index in [1.54, 1.807) is 30.4 Å². The molecule has 2 aromatic heterocycles. The van der Waals surface area contributed by atoms with Crippen LogP contribution in [-0.4, -0.2) is 40.6 Å². The number of nitrogens with one attached hydrogen (secondary N) is 1. The third-order valence-electron chi connectivity index (χ3n) is 3.48. The van der Waals surface area contributed by atoms with Crippen LogP contribution in [0.25, 0.3) is 0 Å². The van der Waals surface area contributed by atoms with Gasteiger partial charge in [0.05, 0.1) is 18.7 Å². The van der Waals surface area contributed by atoms with E-state index in [9.17, 15) is 9.59 Å². The van der Waals surface area contributed by atoms with E-state index >= 15 is 0 Å². The van der Waals surface area contributed by atoms with Gasteiger partial charge in [-0.2, -0.15) is 0 Å². The lowest BCUT2D eigenvalue weighted by molar-refractivity contribution is -0.128. The van der Waals surface area contributed by atoms with Crippen LogP contribution >= 0.6 is 11.3 Å². The Balaban J connectivity index is 1.56. The van der Waals surface area contributed by atoms with Crippen molar-refractivity contribution in [3.05, 3.63) is 29.2 Å². The van der Waals surface area contributed by atoms with Gasteiger partial charge in [-0.1, -0.05) is 11.3 Å². The number of furan rings is 1. The molecule has 0 bridgehead atoms. The summed E-state index contributed by atoms with van der Waals surface area (Å²) >= 11 is 1.26. The van der Waals surface area contributed by atoms with E-state index in [4.69, 9.17) is 9.15 Å². The molecule has 0 radical (unpaired) electrons. The van der Waals surface area contributed by atoms with Crippen molar-refractivity contribution in [2.24, 2.45) is 5.92 Å². The van der Waals surface area contributed by atoms with Crippen LogP contribution in [-0.2, 0) is 27.5 Å². The summed E-state index contributed by atoms with van der Waals surface area (Å²) in [6.45, 7) is 1.11. The third-order valence-corrected chi connectivity index (χ3v) is 4.29. The van der Waals surface area contributed by atoms with Crippen LogP contribution in [0.1, 0.15) is 17.2 Å². The molecule has 1 atom stereocenters. The van der Waals surface area contributed by atoms with Crippen LogP contribution < -0.4 is 5.32 Å². The van der Waals surface area contributed by atoms with Crippen molar-refractivity contribution in [1.82, 2.24) is 15.1 Å². The number of hydrogen-bond donors (Lipinski definition) is 1. The van der Waals surface area contributed by atoms with Crippen molar-refractivity contribution in [2.75, 3.05) is 19.0 Å². The predicted octanol–water partition coefficient (Wildman–Crippen LogP) is 1.26. The van der Waals surface area contributed by atoms with E-state index in [-0.39, 0.29) is 18.2 Å². The molecular formula is C14H16N4O4S. The monoisotopic (exact) mass is 336 g/mol. The van der Waals surface area contributed by atoms with Crippen LogP contribution in [0.5, 0.6) is 0 Å². The summed E-state index contributed by atoms with van der Waals surface area (Å²) in [7, 11) is 1.57. The van der Waals surface area contributed by atoms with Crippen LogP contribution in [0.3, 0.4) is 0 Å². The second-order valence-corrected chi connectivity index (χ2v) is 6.24. The number of aromatic nitrogens is 2. The van der Waals surface area contributed by atoms with Crippen molar-refractivity contribution in [3.8, 4) is 0 Å². The maximum absolute atomic E-state index is 12.3. The average molecular weight is 336 g/mol. The van der Waals surface area contributed by atoms with Gasteiger partial charge < -0.3 is 19.4 Å². The first kappa shape index (κ1) is 15.6. The lowest BCUT2D eigenvalue weighted by Crippen LogP contribution is -2.27. The third kappa shape index (κ3) is 3.74. The molecule has 0 aliphatic carbocycles. The summed E-state index contributed by atoms with van der Waals surface area (Å²) < 4.78 is 10.2. The summed E-state index contributed by atoms with van der Waals surface area (Å²) in [6.07, 6.45) is 1.75. The van der Waals surface area contributed by atoms with Crippen molar-refractivity contribution in [1.29, 1.82) is 0 Å². The molecule has 0 saturated carbocycles. The zero-order chi connectivity index (χ0) is 16.2. The van der Waals surface area contributed by atoms with Gasteiger partial charge in [-0.05, 0) is 12.1 Å². The number of anilines is 1. The molecular weight excluding hydrogens is 320 g/mol. The van der Waals surface area contributed by atoms with Gasteiger partial charge in [0, 0.05) is 20.1 Å². The highest BCUT2D eigenvalue weighted by atomic mass is 32.1. The summed E-state index contributed by atoms with van der Waals surface area (Å²) in [5.74, 6) is 0.0271. The molecule has 1 aliphatic rings. The number of methoxy groups -OCH3 is 1. The van der Waals surface area contributed by atoms with Crippen LogP contribution in [0.4, 0.5) is 5.13 Å². The quantitative estimate of drug-likeness (QED) is 0.853. The maximum Gasteiger partial charge on any atom is 0.231 e. The molecule has 0 spiro atoms. The van der Waals surface area contributed by atoms with E-state index in [0.717, 1.165) is 0 Å². The van der Waals surface area contributed by atoms with Gasteiger partial charge in [-0.3, -0.25) is 9.59 Å². The van der Waals surface area contributed by atoms with Gasteiger partial charge in [0.1, 0.15) is 17.4 Å². The fourth-order valence-electron chi connectivity index (χ4n) is 2.38. The van der Waals surface area contributed by atoms with E-state index in [2.05, 4.69) is 15.5 Å². The summed E-state index contributed by atoms with van der Waals surface area (Å²) in [6, 6.07) is 3.58. The first-order chi connectivity index (χ1) is 11.2. The van der Waals surface area contributed by atoms with E-state index in [1.165, 1.54) is 11.3 Å². The van der Waals surface area contributed by atoms with Crippen LogP contribution in [0, 0.1) is 5.92 Å².